The van der Waals surface area contributed by atoms with Gasteiger partial charge in [0.2, 0.25) is 5.11 Å². The summed E-state index contributed by atoms with van der Waals surface area (Å²) >= 11 is 5.17. The molecular weight excluding hydrogens is 370 g/mol. The minimum Gasteiger partial charge on any atom is -0.386 e. The van der Waals surface area contributed by atoms with Gasteiger partial charge in [0.25, 0.3) is 0 Å². The molecule has 146 valence electrons. The van der Waals surface area contributed by atoms with E-state index < -0.39 is 0 Å². The number of rotatable bonds is 2. The quantitative estimate of drug-likeness (QED) is 0.781. The molecule has 28 heavy (non-hydrogen) atoms. The number of nitrogens with zero attached hydrogens (tertiary/aromatic N) is 4. The maximum atomic E-state index is 13.2. The number of anilines is 1. The molecule has 1 saturated carbocycles. The summed E-state index contributed by atoms with van der Waals surface area (Å²) in [5.41, 5.74) is 9.25. The van der Waals surface area contributed by atoms with Crippen molar-refractivity contribution in [3.05, 3.63) is 29.8 Å². The molecule has 2 heterocycles. The summed E-state index contributed by atoms with van der Waals surface area (Å²) in [5, 5.41) is 0.203. The molecule has 0 aromatic heterocycles. The normalized spacial score (nSPS) is 28.6. The Morgan fingerprint density at radius 3 is 2.39 bits per heavy atom. The van der Waals surface area contributed by atoms with E-state index in [0.717, 1.165) is 23.4 Å². The zero-order valence-corrected chi connectivity index (χ0v) is 17.5. The summed E-state index contributed by atoms with van der Waals surface area (Å²) in [7, 11) is 4.01. The predicted octanol–water partition coefficient (Wildman–Crippen LogP) is 2.97. The van der Waals surface area contributed by atoms with E-state index in [2.05, 4.69) is 48.1 Å². The largest absolute Gasteiger partial charge is 0.386 e. The van der Waals surface area contributed by atoms with E-state index in [1.54, 1.807) is 0 Å². The fraction of sp³-hybridized carbons (Fsp3) is 0.476. The van der Waals surface area contributed by atoms with E-state index >= 15 is 0 Å². The summed E-state index contributed by atoms with van der Waals surface area (Å²) in [4.78, 5) is 28.7. The number of carbonyl (C=O) groups excluding carboxylic acids is 1. The van der Waals surface area contributed by atoms with Gasteiger partial charge in [-0.15, -0.1) is 0 Å². The Balaban J connectivity index is 1.86. The van der Waals surface area contributed by atoms with Gasteiger partial charge < -0.3 is 10.6 Å². The van der Waals surface area contributed by atoms with Crippen LogP contribution >= 0.6 is 12.2 Å². The first-order valence-electron chi connectivity index (χ1n) is 9.50. The van der Waals surface area contributed by atoms with Gasteiger partial charge in [0, 0.05) is 37.8 Å². The fourth-order valence-corrected chi connectivity index (χ4v) is 4.81. The van der Waals surface area contributed by atoms with Gasteiger partial charge in [-0.25, -0.2) is 15.0 Å². The molecule has 0 bridgehead atoms. The minimum absolute atomic E-state index is 0.103. The van der Waals surface area contributed by atoms with Crippen molar-refractivity contribution in [2.75, 3.05) is 19.0 Å². The third-order valence-electron chi connectivity index (χ3n) is 5.82. The molecule has 1 aromatic carbocycles. The SMILES string of the molecule is CN(C)c1ccc(C2C3C(=O)CC(C)(C)CC3=NC3=NC(=S)N=C(N)C32)cc1. The Morgan fingerprint density at radius 2 is 1.75 bits per heavy atom. The van der Waals surface area contributed by atoms with Gasteiger partial charge in [0.15, 0.2) is 0 Å². The van der Waals surface area contributed by atoms with Crippen molar-refractivity contribution < 1.29 is 4.79 Å². The van der Waals surface area contributed by atoms with E-state index in [0.29, 0.717) is 18.1 Å². The van der Waals surface area contributed by atoms with Crippen LogP contribution in [0, 0.1) is 17.3 Å². The Hall–Kier alpha value is -2.41. The lowest BCUT2D eigenvalue weighted by atomic mass is 9.61. The van der Waals surface area contributed by atoms with Gasteiger partial charge in [-0.05, 0) is 41.7 Å². The highest BCUT2D eigenvalue weighted by Crippen LogP contribution is 2.47. The first-order chi connectivity index (χ1) is 13.2. The number of aliphatic imine (C=N–C) groups is 3. The van der Waals surface area contributed by atoms with Crippen LogP contribution in [0.2, 0.25) is 0 Å². The maximum absolute atomic E-state index is 13.2. The Morgan fingerprint density at radius 1 is 1.07 bits per heavy atom. The highest BCUT2D eigenvalue weighted by Gasteiger charge is 2.50. The molecule has 2 aliphatic heterocycles. The summed E-state index contributed by atoms with van der Waals surface area (Å²) in [5.74, 6) is 0.445. The lowest BCUT2D eigenvalue weighted by Crippen LogP contribution is -2.51. The highest BCUT2D eigenvalue weighted by atomic mass is 32.1. The molecule has 6 nitrogen and oxygen atoms in total. The van der Waals surface area contributed by atoms with Crippen LogP contribution in [0.15, 0.2) is 39.2 Å². The van der Waals surface area contributed by atoms with Crippen molar-refractivity contribution in [2.45, 2.75) is 32.6 Å². The number of hydrogen-bond donors (Lipinski definition) is 1. The standard InChI is InChI=1S/C21H25N5OS/c1-21(2)9-13-16(14(27)10-21)15(11-5-7-12(8-6-11)26(3)4)17-18(22)24-20(28)25-19(17)23-13/h5-8,15-17H,9-10H2,1-4H3,(H2,22,24,28). The molecule has 1 fully saturated rings. The zero-order valence-electron chi connectivity index (χ0n) is 16.6. The number of benzene rings is 1. The molecule has 7 heteroatoms. The molecule has 0 radical (unpaired) electrons. The predicted molar refractivity (Wildman–Crippen MR) is 118 cm³/mol. The van der Waals surface area contributed by atoms with Crippen LogP contribution in [0.3, 0.4) is 0 Å². The average Bonchev–Trinajstić information content (AvgIpc) is 2.58. The van der Waals surface area contributed by atoms with Crippen molar-refractivity contribution in [2.24, 2.45) is 38.0 Å². The van der Waals surface area contributed by atoms with Gasteiger partial charge in [-0.2, -0.15) is 0 Å². The molecule has 3 aliphatic rings. The van der Waals surface area contributed by atoms with Crippen LogP contribution in [-0.2, 0) is 4.79 Å². The lowest BCUT2D eigenvalue weighted by molar-refractivity contribution is -0.124. The molecule has 0 spiro atoms. The van der Waals surface area contributed by atoms with Crippen LogP contribution in [-0.4, -0.2) is 42.4 Å². The summed E-state index contributed by atoms with van der Waals surface area (Å²) < 4.78 is 0. The smallest absolute Gasteiger partial charge is 0.222 e. The van der Waals surface area contributed by atoms with Crippen molar-refractivity contribution in [3.8, 4) is 0 Å². The average molecular weight is 396 g/mol. The second kappa shape index (κ2) is 6.58. The third-order valence-corrected chi connectivity index (χ3v) is 6.00. The Kier molecular flexibility index (Phi) is 4.45. The highest BCUT2D eigenvalue weighted by molar-refractivity contribution is 7.80. The number of carbonyl (C=O) groups is 1. The molecule has 1 aromatic rings. The number of ketones is 1. The fourth-order valence-electron chi connectivity index (χ4n) is 4.61. The number of Topliss-reactive ketones (excluding diaryl/α,β-unsaturated/α-hetero) is 1. The Labute approximate surface area is 170 Å². The van der Waals surface area contributed by atoms with Crippen molar-refractivity contribution in [3.63, 3.8) is 0 Å². The zero-order chi connectivity index (χ0) is 20.2. The molecule has 0 saturated heterocycles. The van der Waals surface area contributed by atoms with Gasteiger partial charge >= 0.3 is 0 Å². The van der Waals surface area contributed by atoms with Gasteiger partial charge in [-0.1, -0.05) is 26.0 Å². The van der Waals surface area contributed by atoms with E-state index in [1.807, 2.05) is 19.0 Å². The van der Waals surface area contributed by atoms with Crippen LogP contribution < -0.4 is 10.6 Å². The first kappa shape index (κ1) is 18.9. The maximum Gasteiger partial charge on any atom is 0.222 e. The van der Waals surface area contributed by atoms with E-state index in [-0.39, 0.29) is 34.1 Å². The molecule has 1 aliphatic carbocycles. The van der Waals surface area contributed by atoms with Crippen LogP contribution in [0.1, 0.15) is 38.2 Å². The molecule has 0 amide bonds. The summed E-state index contributed by atoms with van der Waals surface area (Å²) in [6.45, 7) is 4.22. The van der Waals surface area contributed by atoms with E-state index in [1.165, 1.54) is 0 Å². The number of nitrogens with two attached hydrogens (primary N) is 1. The summed E-state index contributed by atoms with van der Waals surface area (Å²) in [6.07, 6.45) is 1.31. The molecule has 2 N–H and O–H groups in total. The van der Waals surface area contributed by atoms with Crippen molar-refractivity contribution >= 4 is 46.2 Å². The Bertz CT molecular complexity index is 942. The molecule has 3 atom stereocenters. The van der Waals surface area contributed by atoms with Gasteiger partial charge in [0.1, 0.15) is 17.5 Å². The third kappa shape index (κ3) is 3.17. The second-order valence-corrected chi connectivity index (χ2v) is 9.21. The number of hydrogen-bond acceptors (Lipinski definition) is 5. The monoisotopic (exact) mass is 395 g/mol. The summed E-state index contributed by atoms with van der Waals surface area (Å²) in [6, 6.07) is 8.28. The molecule has 3 unspecified atom stereocenters. The van der Waals surface area contributed by atoms with Gasteiger partial charge in [0.05, 0.1) is 11.8 Å². The number of thiocarbonyl (C=S) groups is 1. The lowest BCUT2D eigenvalue weighted by Gasteiger charge is -2.44. The van der Waals surface area contributed by atoms with Crippen molar-refractivity contribution in [1.29, 1.82) is 0 Å². The first-order valence-corrected chi connectivity index (χ1v) is 9.91. The van der Waals surface area contributed by atoms with Gasteiger partial charge in [-0.3, -0.25) is 4.79 Å². The second-order valence-electron chi connectivity index (χ2n) is 8.84. The molecule has 4 rings (SSSR count). The molecular formula is C21H25N5OS. The topological polar surface area (TPSA) is 83.4 Å². The van der Waals surface area contributed by atoms with Crippen LogP contribution in [0.4, 0.5) is 5.69 Å². The van der Waals surface area contributed by atoms with Crippen molar-refractivity contribution in [1.82, 2.24) is 0 Å². The minimum atomic E-state index is -0.323. The number of fused-ring (bicyclic) bond motifs is 2. The van der Waals surface area contributed by atoms with Crippen LogP contribution in [0.25, 0.3) is 0 Å². The van der Waals surface area contributed by atoms with E-state index in [4.69, 9.17) is 22.9 Å². The van der Waals surface area contributed by atoms with Crippen LogP contribution in [0.5, 0.6) is 0 Å². The van der Waals surface area contributed by atoms with E-state index in [9.17, 15) is 4.79 Å². The number of amidine groups is 2.